The number of aliphatic hydroxyl groups is 1. The number of aliphatic hydroxyl groups excluding tert-OH is 1. The minimum absolute atomic E-state index is 0.0221. The number of halogens is 1. The van der Waals surface area contributed by atoms with Gasteiger partial charge >= 0.3 is 0 Å². The number of hydrogen-bond donors (Lipinski definition) is 1. The predicted molar refractivity (Wildman–Crippen MR) is 124 cm³/mol. The van der Waals surface area contributed by atoms with Gasteiger partial charge in [-0.05, 0) is 53.9 Å². The minimum atomic E-state index is -3.78. The van der Waals surface area contributed by atoms with Gasteiger partial charge in [0.2, 0.25) is 10.0 Å². The van der Waals surface area contributed by atoms with Crippen molar-refractivity contribution in [1.29, 1.82) is 0 Å². The van der Waals surface area contributed by atoms with E-state index in [1.807, 2.05) is 42.2 Å². The highest BCUT2D eigenvalue weighted by Gasteiger charge is 2.46. The molecule has 1 aromatic rings. The van der Waals surface area contributed by atoms with E-state index in [1.165, 1.54) is 4.31 Å². The summed E-state index contributed by atoms with van der Waals surface area (Å²) in [5.74, 6) is 0.0704. The summed E-state index contributed by atoms with van der Waals surface area (Å²) >= 11 is 3.35. The molecule has 5 nitrogen and oxygen atoms in total. The number of benzene rings is 1. The van der Waals surface area contributed by atoms with Crippen LogP contribution in [0.15, 0.2) is 63.8 Å². The molecule has 0 spiro atoms. The molecule has 0 aromatic heterocycles. The van der Waals surface area contributed by atoms with Gasteiger partial charge in [-0.3, -0.25) is 0 Å². The first-order chi connectivity index (χ1) is 13.6. The highest BCUT2D eigenvalue weighted by Crippen LogP contribution is 2.40. The lowest BCUT2D eigenvalue weighted by Crippen LogP contribution is -2.53. The van der Waals surface area contributed by atoms with Crippen LogP contribution in [0.3, 0.4) is 0 Å². The summed E-state index contributed by atoms with van der Waals surface area (Å²) in [7, 11) is -2.12. The standard InChI is InChI=1S/C22H31BrN2O3S/c1-6-8-14-22(7-2)16-25(19-12-10-9-11-13-19)21(15-20(23)17(3)26)18(4)29(27,28)24(22)5/h9-13,15,26H,4,6-8,14,16H2,1-3,5H3/b20-17-,21-15+. The van der Waals surface area contributed by atoms with Crippen LogP contribution in [0.25, 0.3) is 0 Å². The molecule has 1 aromatic carbocycles. The van der Waals surface area contributed by atoms with Crippen LogP contribution in [0.5, 0.6) is 0 Å². The van der Waals surface area contributed by atoms with Gasteiger partial charge in [0.15, 0.2) is 0 Å². The van der Waals surface area contributed by atoms with Crippen molar-refractivity contribution < 1.29 is 13.5 Å². The average Bonchev–Trinajstić information content (AvgIpc) is 2.77. The molecule has 1 heterocycles. The summed E-state index contributed by atoms with van der Waals surface area (Å²) < 4.78 is 28.9. The van der Waals surface area contributed by atoms with Crippen LogP contribution in [0.2, 0.25) is 0 Å². The van der Waals surface area contributed by atoms with Crippen molar-refractivity contribution in [2.45, 2.75) is 52.0 Å². The first-order valence-corrected chi connectivity index (χ1v) is 12.1. The summed E-state index contributed by atoms with van der Waals surface area (Å²) in [5.41, 5.74) is 0.777. The Kier molecular flexibility index (Phi) is 7.76. The van der Waals surface area contributed by atoms with E-state index in [0.717, 1.165) is 24.9 Å². The monoisotopic (exact) mass is 482 g/mol. The largest absolute Gasteiger partial charge is 0.511 e. The Morgan fingerprint density at radius 2 is 1.93 bits per heavy atom. The van der Waals surface area contributed by atoms with E-state index < -0.39 is 15.6 Å². The molecule has 1 unspecified atom stereocenters. The zero-order valence-corrected chi connectivity index (χ0v) is 20.1. The van der Waals surface area contributed by atoms with Crippen molar-refractivity contribution in [3.8, 4) is 0 Å². The smallest absolute Gasteiger partial charge is 0.244 e. The van der Waals surface area contributed by atoms with E-state index in [4.69, 9.17) is 0 Å². The van der Waals surface area contributed by atoms with Crippen LogP contribution in [0, 0.1) is 0 Å². The molecule has 0 radical (unpaired) electrons. The van der Waals surface area contributed by atoms with Gasteiger partial charge in [0.25, 0.3) is 0 Å². The molecule has 1 aliphatic heterocycles. The van der Waals surface area contributed by atoms with Crippen LogP contribution >= 0.6 is 15.9 Å². The predicted octanol–water partition coefficient (Wildman–Crippen LogP) is 5.69. The van der Waals surface area contributed by atoms with E-state index in [2.05, 4.69) is 29.4 Å². The molecule has 160 valence electrons. The Morgan fingerprint density at radius 1 is 1.31 bits per heavy atom. The summed E-state index contributed by atoms with van der Waals surface area (Å²) in [4.78, 5) is 2.03. The third-order valence-electron chi connectivity index (χ3n) is 5.70. The maximum absolute atomic E-state index is 13.5. The molecular formula is C22H31BrN2O3S. The van der Waals surface area contributed by atoms with Crippen molar-refractivity contribution in [2.75, 3.05) is 18.5 Å². The highest BCUT2D eigenvalue weighted by molar-refractivity contribution is 9.11. The first-order valence-electron chi connectivity index (χ1n) is 9.88. The van der Waals surface area contributed by atoms with Gasteiger partial charge in [-0.1, -0.05) is 51.5 Å². The number of unbranched alkanes of at least 4 members (excludes halogenated alkanes) is 1. The second-order valence-electron chi connectivity index (χ2n) is 7.46. The van der Waals surface area contributed by atoms with Crippen LogP contribution in [-0.2, 0) is 10.0 Å². The molecule has 0 amide bonds. The Hall–Kier alpha value is -1.57. The van der Waals surface area contributed by atoms with Gasteiger partial charge in [-0.2, -0.15) is 4.31 Å². The van der Waals surface area contributed by atoms with E-state index in [9.17, 15) is 13.5 Å². The fraction of sp³-hybridized carbons (Fsp3) is 0.455. The summed E-state index contributed by atoms with van der Waals surface area (Å²) in [6.45, 7) is 10.2. The number of likely N-dealkylation sites (N-methyl/N-ethyl adjacent to an activating group) is 1. The molecule has 0 aliphatic carbocycles. The van der Waals surface area contributed by atoms with Gasteiger partial charge in [-0.15, -0.1) is 0 Å². The van der Waals surface area contributed by atoms with Gasteiger partial charge in [0, 0.05) is 19.3 Å². The lowest BCUT2D eigenvalue weighted by Gasteiger charge is -2.41. The van der Waals surface area contributed by atoms with Crippen LogP contribution < -0.4 is 4.90 Å². The number of anilines is 1. The van der Waals surface area contributed by atoms with Gasteiger partial charge < -0.3 is 10.0 Å². The van der Waals surface area contributed by atoms with Gasteiger partial charge in [0.05, 0.1) is 20.6 Å². The zero-order valence-electron chi connectivity index (χ0n) is 17.7. The van der Waals surface area contributed by atoms with Gasteiger partial charge in [-0.25, -0.2) is 8.42 Å². The molecule has 0 bridgehead atoms. The number of sulfonamides is 1. The van der Waals surface area contributed by atoms with Crippen LogP contribution in [-0.4, -0.2) is 37.0 Å². The van der Waals surface area contributed by atoms with Crippen LogP contribution in [0.4, 0.5) is 5.69 Å². The minimum Gasteiger partial charge on any atom is -0.511 e. The van der Waals surface area contributed by atoms with Crippen LogP contribution in [0.1, 0.15) is 46.5 Å². The van der Waals surface area contributed by atoms with Crippen molar-refractivity contribution in [3.63, 3.8) is 0 Å². The van der Waals surface area contributed by atoms with Crippen molar-refractivity contribution >= 4 is 31.6 Å². The Morgan fingerprint density at radius 3 is 2.45 bits per heavy atom. The average molecular weight is 483 g/mol. The van der Waals surface area contributed by atoms with Gasteiger partial charge in [0.1, 0.15) is 5.76 Å². The highest BCUT2D eigenvalue weighted by atomic mass is 79.9. The first kappa shape index (κ1) is 23.7. The quantitative estimate of drug-likeness (QED) is 0.528. The summed E-state index contributed by atoms with van der Waals surface area (Å²) in [5, 5.41) is 9.89. The Balaban J connectivity index is 2.79. The molecule has 1 atom stereocenters. The van der Waals surface area contributed by atoms with E-state index in [0.29, 0.717) is 23.1 Å². The topological polar surface area (TPSA) is 60.9 Å². The third-order valence-corrected chi connectivity index (χ3v) is 8.44. The molecule has 0 saturated carbocycles. The zero-order chi connectivity index (χ0) is 21.8. The lowest BCUT2D eigenvalue weighted by atomic mass is 9.88. The molecule has 29 heavy (non-hydrogen) atoms. The molecule has 1 N–H and O–H groups in total. The lowest BCUT2D eigenvalue weighted by molar-refractivity contribution is 0.198. The fourth-order valence-electron chi connectivity index (χ4n) is 3.66. The number of rotatable bonds is 6. The van der Waals surface area contributed by atoms with E-state index in [1.54, 1.807) is 20.0 Å². The third kappa shape index (κ3) is 4.78. The molecule has 7 heteroatoms. The van der Waals surface area contributed by atoms with Crippen molar-refractivity contribution in [2.24, 2.45) is 0 Å². The van der Waals surface area contributed by atoms with E-state index in [-0.39, 0.29) is 10.7 Å². The number of allylic oxidation sites excluding steroid dienone is 3. The van der Waals surface area contributed by atoms with E-state index >= 15 is 0 Å². The molecule has 1 saturated heterocycles. The molecular weight excluding hydrogens is 452 g/mol. The molecule has 1 fully saturated rings. The summed E-state index contributed by atoms with van der Waals surface area (Å²) in [6, 6.07) is 9.72. The van der Waals surface area contributed by atoms with Crippen molar-refractivity contribution in [1.82, 2.24) is 4.31 Å². The Labute approximate surface area is 183 Å². The Bertz CT molecular complexity index is 905. The second kappa shape index (κ2) is 9.49. The summed E-state index contributed by atoms with van der Waals surface area (Å²) in [6.07, 6.45) is 5.00. The number of hydrogen-bond acceptors (Lipinski definition) is 4. The normalized spacial score (nSPS) is 25.1. The number of nitrogens with zero attached hydrogens (tertiary/aromatic N) is 2. The number of para-hydroxylation sites is 1. The molecule has 2 rings (SSSR count). The second-order valence-corrected chi connectivity index (χ2v) is 10.3. The molecule has 1 aliphatic rings. The SMILES string of the molecule is C=C1/C(=C\C(Br)=C(/C)O)N(c2ccccc2)CC(CC)(CCCC)N(C)S1(=O)=O. The fourth-order valence-corrected chi connectivity index (χ4v) is 5.43. The van der Waals surface area contributed by atoms with Crippen molar-refractivity contribution in [3.05, 3.63) is 63.8 Å². The maximum Gasteiger partial charge on any atom is 0.244 e. The maximum atomic E-state index is 13.5.